The maximum Gasteiger partial charge on any atom is 0.328 e. The summed E-state index contributed by atoms with van der Waals surface area (Å²) in [6, 6.07) is 7.71. The molecule has 0 saturated carbocycles. The highest BCUT2D eigenvalue weighted by Gasteiger charge is 2.46. The first-order chi connectivity index (χ1) is 14.0. The van der Waals surface area contributed by atoms with Crippen molar-refractivity contribution in [2.45, 2.75) is 84.0 Å². The van der Waals surface area contributed by atoms with E-state index >= 15 is 0 Å². The van der Waals surface area contributed by atoms with Crippen LogP contribution in [-0.4, -0.2) is 37.5 Å². The molecule has 1 aromatic carbocycles. The number of rotatable bonds is 8. The third-order valence-electron chi connectivity index (χ3n) is 6.74. The van der Waals surface area contributed by atoms with Crippen molar-refractivity contribution in [3.05, 3.63) is 36.0 Å². The number of carbonyl (C=O) groups is 2. The third-order valence-corrected chi connectivity index (χ3v) is 13.5. The molecule has 2 atom stereocenters. The van der Waals surface area contributed by atoms with Gasteiger partial charge >= 0.3 is 5.97 Å². The molecular weight excluding hydrogens is 392 g/mol. The Morgan fingerprint density at radius 2 is 1.50 bits per heavy atom. The highest BCUT2D eigenvalue weighted by Crippen LogP contribution is 2.45. The van der Waals surface area contributed by atoms with Gasteiger partial charge in [-0.3, -0.25) is 4.79 Å². The standard InChI is InChI=1S/C24H38N2O3Si/c1-15(2)30(16(3)4,17(5)6)26-14-21(20-12-10-11-13-22(20)26)18(7)23(24(28)29-9)25-19(8)27/h10-18,23H,1-9H3,(H,25,27)/t18-,23+/m0/s1. The minimum Gasteiger partial charge on any atom is -0.467 e. The predicted octanol–water partition coefficient (Wildman–Crippen LogP) is 5.45. The van der Waals surface area contributed by atoms with Crippen molar-refractivity contribution < 1.29 is 14.3 Å². The highest BCUT2D eigenvalue weighted by molar-refractivity contribution is 6.82. The second-order valence-corrected chi connectivity index (χ2v) is 15.0. The molecule has 2 rings (SSSR count). The number of nitrogens with zero attached hydrogens (tertiary/aromatic N) is 1. The molecule has 6 heteroatoms. The number of benzene rings is 1. The van der Waals surface area contributed by atoms with Crippen LogP contribution < -0.4 is 5.32 Å². The number of hydrogen-bond acceptors (Lipinski definition) is 3. The van der Waals surface area contributed by atoms with E-state index < -0.39 is 20.2 Å². The highest BCUT2D eigenvalue weighted by atomic mass is 28.3. The number of aromatic nitrogens is 1. The van der Waals surface area contributed by atoms with Gasteiger partial charge in [0.25, 0.3) is 0 Å². The summed E-state index contributed by atoms with van der Waals surface area (Å²) in [5.41, 5.74) is 3.93. The number of nitrogens with one attached hydrogen (secondary N) is 1. The summed E-state index contributed by atoms with van der Waals surface area (Å²) in [5, 5.41) is 3.94. The van der Waals surface area contributed by atoms with Crippen LogP contribution in [0.4, 0.5) is 0 Å². The van der Waals surface area contributed by atoms with E-state index in [0.717, 1.165) is 10.9 Å². The topological polar surface area (TPSA) is 60.3 Å². The van der Waals surface area contributed by atoms with Crippen LogP contribution in [0.15, 0.2) is 30.5 Å². The quantitative estimate of drug-likeness (QED) is 0.448. The molecular formula is C24H38N2O3Si. The summed E-state index contributed by atoms with van der Waals surface area (Å²) in [6.07, 6.45) is 2.26. The largest absolute Gasteiger partial charge is 0.467 e. The van der Waals surface area contributed by atoms with Gasteiger partial charge in [0, 0.05) is 23.7 Å². The molecule has 1 amide bonds. The smallest absolute Gasteiger partial charge is 0.328 e. The first-order valence-electron chi connectivity index (χ1n) is 10.9. The average molecular weight is 431 g/mol. The lowest BCUT2D eigenvalue weighted by Gasteiger charge is -2.44. The van der Waals surface area contributed by atoms with Crippen molar-refractivity contribution in [2.75, 3.05) is 7.11 Å². The van der Waals surface area contributed by atoms with Crippen LogP contribution in [0.3, 0.4) is 0 Å². The Bertz CT molecular complexity index is 879. The normalized spacial score (nSPS) is 14.4. The molecule has 1 N–H and O–H groups in total. The van der Waals surface area contributed by atoms with Gasteiger partial charge in [-0.05, 0) is 34.5 Å². The van der Waals surface area contributed by atoms with Crippen LogP contribution in [0.5, 0.6) is 0 Å². The Kier molecular flexibility index (Phi) is 7.56. The number of hydrogen-bond donors (Lipinski definition) is 1. The van der Waals surface area contributed by atoms with E-state index in [9.17, 15) is 9.59 Å². The number of ether oxygens (including phenoxy) is 1. The molecule has 30 heavy (non-hydrogen) atoms. The van der Waals surface area contributed by atoms with E-state index in [4.69, 9.17) is 4.74 Å². The van der Waals surface area contributed by atoms with E-state index in [0.29, 0.717) is 16.6 Å². The van der Waals surface area contributed by atoms with E-state index in [2.05, 4.69) is 75.5 Å². The second-order valence-electron chi connectivity index (χ2n) is 9.31. The van der Waals surface area contributed by atoms with Crippen LogP contribution >= 0.6 is 0 Å². The van der Waals surface area contributed by atoms with Crippen LogP contribution in [0.25, 0.3) is 10.9 Å². The number of amides is 1. The molecule has 0 aliphatic carbocycles. The van der Waals surface area contributed by atoms with Crippen molar-refractivity contribution in [2.24, 2.45) is 0 Å². The number of para-hydroxylation sites is 1. The Morgan fingerprint density at radius 1 is 0.967 bits per heavy atom. The lowest BCUT2D eigenvalue weighted by molar-refractivity contribution is -0.145. The Labute approximate surface area is 182 Å². The minimum atomic E-state index is -1.98. The van der Waals surface area contributed by atoms with Gasteiger partial charge < -0.3 is 14.3 Å². The summed E-state index contributed by atoms with van der Waals surface area (Å²) in [4.78, 5) is 24.3. The van der Waals surface area contributed by atoms with Gasteiger partial charge in [-0.25, -0.2) is 4.79 Å². The molecule has 0 aliphatic rings. The van der Waals surface area contributed by atoms with Gasteiger partial charge in [0.1, 0.15) is 6.04 Å². The monoisotopic (exact) mass is 430 g/mol. The predicted molar refractivity (Wildman–Crippen MR) is 126 cm³/mol. The minimum absolute atomic E-state index is 0.217. The summed E-state index contributed by atoms with van der Waals surface area (Å²) < 4.78 is 7.57. The molecule has 2 aromatic rings. The first-order valence-corrected chi connectivity index (χ1v) is 13.1. The van der Waals surface area contributed by atoms with Gasteiger partial charge in [0.2, 0.25) is 5.91 Å². The lowest BCUT2D eigenvalue weighted by atomic mass is 9.93. The Balaban J connectivity index is 2.79. The molecule has 0 saturated heterocycles. The van der Waals surface area contributed by atoms with Crippen LogP contribution in [0, 0.1) is 0 Å². The third kappa shape index (κ3) is 4.06. The zero-order chi connectivity index (χ0) is 22.8. The van der Waals surface area contributed by atoms with E-state index in [1.165, 1.54) is 19.6 Å². The Morgan fingerprint density at radius 3 is 1.97 bits per heavy atom. The first kappa shape index (κ1) is 24.2. The number of fused-ring (bicyclic) bond motifs is 1. The summed E-state index contributed by atoms with van der Waals surface area (Å²) in [7, 11) is -0.620. The van der Waals surface area contributed by atoms with Gasteiger partial charge in [0.05, 0.1) is 7.11 Å². The molecule has 0 spiro atoms. The average Bonchev–Trinajstić information content (AvgIpc) is 3.04. The van der Waals surface area contributed by atoms with E-state index in [1.807, 2.05) is 13.0 Å². The van der Waals surface area contributed by atoms with Crippen molar-refractivity contribution in [3.63, 3.8) is 0 Å². The molecule has 1 heterocycles. The second kappa shape index (κ2) is 9.37. The summed E-state index contributed by atoms with van der Waals surface area (Å²) in [5.74, 6) is -0.878. The molecule has 0 radical (unpaired) electrons. The van der Waals surface area contributed by atoms with Crippen molar-refractivity contribution in [1.82, 2.24) is 9.55 Å². The van der Waals surface area contributed by atoms with Crippen LogP contribution in [0.1, 0.15) is 66.9 Å². The molecule has 1 aromatic heterocycles. The van der Waals surface area contributed by atoms with Gasteiger partial charge in [-0.2, -0.15) is 0 Å². The molecule has 0 aliphatic heterocycles. The Hall–Kier alpha value is -2.08. The molecule has 5 nitrogen and oxygen atoms in total. The lowest BCUT2D eigenvalue weighted by Crippen LogP contribution is -2.51. The fourth-order valence-electron chi connectivity index (χ4n) is 5.64. The van der Waals surface area contributed by atoms with Gasteiger partial charge in [0.15, 0.2) is 8.24 Å². The fraction of sp³-hybridized carbons (Fsp3) is 0.583. The van der Waals surface area contributed by atoms with Crippen molar-refractivity contribution in [3.8, 4) is 0 Å². The van der Waals surface area contributed by atoms with Gasteiger partial charge in [-0.1, -0.05) is 66.7 Å². The van der Waals surface area contributed by atoms with Crippen LogP contribution in [-0.2, 0) is 14.3 Å². The maximum atomic E-state index is 12.5. The number of esters is 1. The van der Waals surface area contributed by atoms with Gasteiger partial charge in [-0.15, -0.1) is 0 Å². The van der Waals surface area contributed by atoms with Crippen molar-refractivity contribution >= 4 is 31.0 Å². The number of carbonyl (C=O) groups excluding carboxylic acids is 2. The molecule has 0 fully saturated rings. The molecule has 0 unspecified atom stereocenters. The maximum absolute atomic E-state index is 12.5. The molecule has 0 bridgehead atoms. The van der Waals surface area contributed by atoms with Crippen molar-refractivity contribution in [1.29, 1.82) is 0 Å². The number of methoxy groups -OCH3 is 1. The zero-order valence-electron chi connectivity index (χ0n) is 19.9. The summed E-state index contributed by atoms with van der Waals surface area (Å²) in [6.45, 7) is 17.5. The SMILES string of the molecule is COC(=O)[C@H](NC(C)=O)[C@@H](C)c1cn([Si](C(C)C)(C(C)C)C(C)C)c2ccccc12. The summed E-state index contributed by atoms with van der Waals surface area (Å²) >= 11 is 0. The van der Waals surface area contributed by atoms with E-state index in [1.54, 1.807) is 0 Å². The van der Waals surface area contributed by atoms with E-state index in [-0.39, 0.29) is 11.8 Å². The van der Waals surface area contributed by atoms with Crippen LogP contribution in [0.2, 0.25) is 16.6 Å². The zero-order valence-corrected chi connectivity index (χ0v) is 20.9. The fourth-order valence-corrected chi connectivity index (χ4v) is 12.3. The molecule has 166 valence electrons.